The molecule has 4 aromatic rings. The molecule has 0 aliphatic rings. The van der Waals surface area contributed by atoms with Crippen LogP contribution in [0.5, 0.6) is 5.75 Å². The van der Waals surface area contributed by atoms with Gasteiger partial charge in [0.15, 0.2) is 23.0 Å². The Labute approximate surface area is 277 Å². The predicted molar refractivity (Wildman–Crippen MR) is 181 cm³/mol. The van der Waals surface area contributed by atoms with E-state index >= 15 is 4.39 Å². The average molecular weight is 665 g/mol. The van der Waals surface area contributed by atoms with Crippen LogP contribution in [0.1, 0.15) is 42.6 Å². The van der Waals surface area contributed by atoms with Crippen LogP contribution in [0, 0.1) is 17.0 Å². The van der Waals surface area contributed by atoms with Crippen LogP contribution in [0.25, 0.3) is 16.9 Å². The number of anilines is 2. The summed E-state index contributed by atoms with van der Waals surface area (Å²) < 4.78 is 36.5. The van der Waals surface area contributed by atoms with Gasteiger partial charge in [-0.1, -0.05) is 6.92 Å². The van der Waals surface area contributed by atoms with Crippen LogP contribution >= 0.6 is 0 Å². The van der Waals surface area contributed by atoms with Crippen molar-refractivity contribution >= 4 is 34.8 Å². The number of rotatable bonds is 17. The maximum absolute atomic E-state index is 15.0. The van der Waals surface area contributed by atoms with Crippen LogP contribution in [0.2, 0.25) is 0 Å². The third-order valence-electron chi connectivity index (χ3n) is 7.55. The van der Waals surface area contributed by atoms with E-state index in [0.29, 0.717) is 53.6 Å². The van der Waals surface area contributed by atoms with Gasteiger partial charge in [-0.2, -0.15) is 4.39 Å². The van der Waals surface area contributed by atoms with Crippen molar-refractivity contribution in [1.82, 2.24) is 35.6 Å². The first-order valence-corrected chi connectivity index (χ1v) is 15.7. The summed E-state index contributed by atoms with van der Waals surface area (Å²) in [5, 5.41) is 22.3. The Morgan fingerprint density at radius 2 is 1.85 bits per heavy atom. The number of halogens is 2. The number of hydrogen-bond acceptors (Lipinski definition) is 9. The lowest BCUT2D eigenvalue weighted by Gasteiger charge is -2.17. The van der Waals surface area contributed by atoms with Crippen molar-refractivity contribution in [2.75, 3.05) is 45.2 Å². The zero-order valence-electron chi connectivity index (χ0n) is 27.3. The fraction of sp³-hybridized carbons (Fsp3) is 0.364. The maximum Gasteiger partial charge on any atom is 0.251 e. The topological polar surface area (TPSA) is 184 Å². The summed E-state index contributed by atoms with van der Waals surface area (Å²) in [6, 6.07) is 7.70. The van der Waals surface area contributed by atoms with E-state index in [-0.39, 0.29) is 55.4 Å². The molecule has 2 aromatic heterocycles. The van der Waals surface area contributed by atoms with E-state index in [4.69, 9.17) is 15.9 Å². The molecule has 15 heteroatoms. The molecule has 1 atom stereocenters. The van der Waals surface area contributed by atoms with Crippen molar-refractivity contribution in [1.29, 1.82) is 5.41 Å². The summed E-state index contributed by atoms with van der Waals surface area (Å²) >= 11 is 0. The molecule has 13 nitrogen and oxygen atoms in total. The number of amides is 2. The highest BCUT2D eigenvalue weighted by Gasteiger charge is 2.20. The minimum atomic E-state index is -1.11. The molecule has 2 aromatic carbocycles. The molecule has 0 aliphatic carbocycles. The lowest BCUT2D eigenvalue weighted by molar-refractivity contribution is -0.123. The van der Waals surface area contributed by atoms with Gasteiger partial charge in [0.1, 0.15) is 6.61 Å². The van der Waals surface area contributed by atoms with Gasteiger partial charge in [-0.3, -0.25) is 19.4 Å². The van der Waals surface area contributed by atoms with Crippen LogP contribution in [-0.4, -0.2) is 77.9 Å². The zero-order valence-corrected chi connectivity index (χ0v) is 27.3. The van der Waals surface area contributed by atoms with Gasteiger partial charge >= 0.3 is 0 Å². The molecule has 0 aliphatic heterocycles. The Kier molecular flexibility index (Phi) is 12.7. The first-order valence-electron chi connectivity index (χ1n) is 15.7. The van der Waals surface area contributed by atoms with E-state index in [1.807, 2.05) is 13.0 Å². The molecule has 256 valence electrons. The van der Waals surface area contributed by atoms with E-state index in [1.54, 1.807) is 36.7 Å². The van der Waals surface area contributed by atoms with Crippen LogP contribution in [0.3, 0.4) is 0 Å². The van der Waals surface area contributed by atoms with E-state index in [2.05, 4.69) is 36.6 Å². The number of aromatic nitrogens is 3. The van der Waals surface area contributed by atoms with E-state index in [0.717, 1.165) is 12.0 Å². The van der Waals surface area contributed by atoms with Crippen LogP contribution in [-0.2, 0) is 11.2 Å². The normalized spacial score (nSPS) is 11.6. The molecule has 8 N–H and O–H groups in total. The second kappa shape index (κ2) is 17.1. The number of nitrogens with two attached hydrogens (primary N) is 1. The van der Waals surface area contributed by atoms with Crippen LogP contribution in [0.4, 0.5) is 20.3 Å². The summed E-state index contributed by atoms with van der Waals surface area (Å²) in [6.07, 6.45) is 6.47. The van der Waals surface area contributed by atoms with Gasteiger partial charge in [0.05, 0.1) is 23.8 Å². The molecular weight excluding hydrogens is 622 g/mol. The van der Waals surface area contributed by atoms with E-state index < -0.39 is 11.6 Å². The van der Waals surface area contributed by atoms with Crippen LogP contribution < -0.4 is 37.1 Å². The fourth-order valence-corrected chi connectivity index (χ4v) is 5.11. The number of carbonyl (C=O) groups is 2. The maximum atomic E-state index is 15.0. The number of likely N-dealkylation sites (N-methyl/N-ethyl adjacent to an activating group) is 1. The number of ether oxygens (including phenoxy) is 1. The molecule has 48 heavy (non-hydrogen) atoms. The number of aryl methyl sites for hydroxylation is 1. The second-order valence-corrected chi connectivity index (χ2v) is 10.9. The molecule has 0 saturated carbocycles. The molecule has 0 bridgehead atoms. The number of nitrogens with one attached hydrogen (secondary N) is 6. The molecule has 2 amide bonds. The second-order valence-electron chi connectivity index (χ2n) is 10.9. The summed E-state index contributed by atoms with van der Waals surface area (Å²) in [5.74, 6) is -2.05. The molecule has 0 saturated heterocycles. The average Bonchev–Trinajstić information content (AvgIpc) is 3.52. The largest absolute Gasteiger partial charge is 0.489 e. The summed E-state index contributed by atoms with van der Waals surface area (Å²) in [5.41, 5.74) is 8.06. The standard InChI is InChI=1S/C33H42F2N10O3/c1-4-21-18-22(7-8-23(21)32(46)41-13-14-42-33(47)25(38-3)6-5-12-39-20(2)37)44-30-31-43-19-26(45(31)16-15-40-30)24-9-10-27(48-17-11-36)29(35)28(24)34/h7-10,15-16,18-19,25,38H,4-6,11-14,17,36H2,1-3H3,(H2,37,39)(H,40,44)(H,41,46)(H,42,47)/t25-/m0/s1. The molecule has 0 radical (unpaired) electrons. The molecular formula is C33H42F2N10O3. The third kappa shape index (κ3) is 8.80. The summed E-state index contributed by atoms with van der Waals surface area (Å²) in [6.45, 7) is 4.97. The van der Waals surface area contributed by atoms with Crippen molar-refractivity contribution in [3.63, 3.8) is 0 Å². The molecule has 0 unspecified atom stereocenters. The highest BCUT2D eigenvalue weighted by Crippen LogP contribution is 2.32. The SMILES string of the molecule is CCc1cc(Nc2nccn3c(-c4ccc(OCCN)c(F)c4F)cnc23)ccc1C(=O)NCCNC(=O)[C@H](CCCNC(C)=N)NC. The first kappa shape index (κ1) is 35.7. The lowest BCUT2D eigenvalue weighted by atomic mass is 10.0. The fourth-order valence-electron chi connectivity index (χ4n) is 5.11. The Morgan fingerprint density at radius 1 is 1.06 bits per heavy atom. The number of hydrogen-bond donors (Lipinski definition) is 7. The third-order valence-corrected chi connectivity index (χ3v) is 7.55. The molecule has 2 heterocycles. The highest BCUT2D eigenvalue weighted by molar-refractivity contribution is 5.96. The minimum absolute atomic E-state index is 0.00470. The molecule has 0 fully saturated rings. The Morgan fingerprint density at radius 3 is 2.58 bits per heavy atom. The van der Waals surface area contributed by atoms with Gasteiger partial charge < -0.3 is 37.1 Å². The van der Waals surface area contributed by atoms with Crippen molar-refractivity contribution in [3.8, 4) is 17.0 Å². The minimum Gasteiger partial charge on any atom is -0.489 e. The summed E-state index contributed by atoms with van der Waals surface area (Å²) in [7, 11) is 1.72. The van der Waals surface area contributed by atoms with Gasteiger partial charge in [0, 0.05) is 55.4 Å². The van der Waals surface area contributed by atoms with Gasteiger partial charge in [-0.05, 0) is 69.1 Å². The summed E-state index contributed by atoms with van der Waals surface area (Å²) in [4.78, 5) is 34.3. The van der Waals surface area contributed by atoms with Crippen molar-refractivity contribution in [2.45, 2.75) is 39.2 Å². The number of carbonyl (C=O) groups excluding carboxylic acids is 2. The molecule has 0 spiro atoms. The van der Waals surface area contributed by atoms with Gasteiger partial charge in [-0.15, -0.1) is 0 Å². The van der Waals surface area contributed by atoms with Crippen molar-refractivity contribution in [2.24, 2.45) is 5.73 Å². The number of amidine groups is 1. The Balaban J connectivity index is 1.39. The van der Waals surface area contributed by atoms with Crippen molar-refractivity contribution < 1.29 is 23.1 Å². The van der Waals surface area contributed by atoms with Crippen molar-refractivity contribution in [3.05, 3.63) is 71.7 Å². The van der Waals surface area contributed by atoms with Gasteiger partial charge in [0.25, 0.3) is 5.91 Å². The first-order chi connectivity index (χ1) is 23.2. The monoisotopic (exact) mass is 664 g/mol. The smallest absolute Gasteiger partial charge is 0.251 e. The van der Waals surface area contributed by atoms with E-state index in [9.17, 15) is 14.0 Å². The lowest BCUT2D eigenvalue weighted by Crippen LogP contribution is -2.45. The zero-order chi connectivity index (χ0) is 34.6. The number of nitrogens with zero attached hydrogens (tertiary/aromatic N) is 3. The number of fused-ring (bicyclic) bond motifs is 1. The Bertz CT molecular complexity index is 1750. The quantitative estimate of drug-likeness (QED) is 0.0507. The van der Waals surface area contributed by atoms with Gasteiger partial charge in [-0.25, -0.2) is 14.4 Å². The highest BCUT2D eigenvalue weighted by atomic mass is 19.2. The van der Waals surface area contributed by atoms with E-state index in [1.165, 1.54) is 24.5 Å². The molecule has 4 rings (SSSR count). The van der Waals surface area contributed by atoms with Gasteiger partial charge in [0.2, 0.25) is 11.7 Å². The predicted octanol–water partition coefficient (Wildman–Crippen LogP) is 3.12. The number of benzene rings is 2. The number of imidazole rings is 1. The Hall–Kier alpha value is -5.15. The van der Waals surface area contributed by atoms with Crippen LogP contribution in [0.15, 0.2) is 48.9 Å².